The van der Waals surface area contributed by atoms with Crippen LogP contribution in [0.25, 0.3) is 0 Å². The van der Waals surface area contributed by atoms with Gasteiger partial charge in [-0.3, -0.25) is 9.59 Å². The first-order valence-electron chi connectivity index (χ1n) is 8.46. The Morgan fingerprint density at radius 1 is 0.967 bits per heavy atom. The van der Waals surface area contributed by atoms with Gasteiger partial charge in [0.05, 0.1) is 7.11 Å². The molecule has 0 radical (unpaired) electrons. The lowest BCUT2D eigenvalue weighted by Gasteiger charge is -2.18. The molecule has 2 rings (SSSR count). The van der Waals surface area contributed by atoms with Crippen molar-refractivity contribution in [2.75, 3.05) is 7.11 Å². The lowest BCUT2D eigenvalue weighted by Crippen LogP contribution is -2.46. The lowest BCUT2D eigenvalue weighted by atomic mass is 9.94. The highest BCUT2D eigenvalue weighted by Gasteiger charge is 2.27. The van der Waals surface area contributed by atoms with Crippen molar-refractivity contribution in [2.45, 2.75) is 31.3 Å². The van der Waals surface area contributed by atoms with Crippen LogP contribution in [0.3, 0.4) is 0 Å². The normalized spacial score (nSPS) is 12.5. The van der Waals surface area contributed by atoms with E-state index >= 15 is 0 Å². The molecule has 0 aromatic heterocycles. The molecule has 2 atom stereocenters. The van der Waals surface area contributed by atoms with Crippen LogP contribution in [0.15, 0.2) is 48.5 Å². The molecule has 2 aromatic carbocycles. The summed E-state index contributed by atoms with van der Waals surface area (Å²) in [5.41, 5.74) is 11.5. The number of esters is 1. The van der Waals surface area contributed by atoms with Crippen LogP contribution < -0.4 is 11.5 Å². The van der Waals surface area contributed by atoms with Crippen molar-refractivity contribution >= 4 is 36.8 Å². The summed E-state index contributed by atoms with van der Waals surface area (Å²) < 4.78 is 4.49. The van der Waals surface area contributed by atoms with E-state index in [9.17, 15) is 9.59 Å². The number of carbonyl (C=O) groups excluding carboxylic acids is 1. The predicted molar refractivity (Wildman–Crippen MR) is 118 cm³/mol. The summed E-state index contributed by atoms with van der Waals surface area (Å²) in [5.74, 6) is -1.12. The molecule has 7 N–H and O–H groups in total. The Kier molecular flexibility index (Phi) is 13.5. The number of methoxy groups -OCH3 is 1. The van der Waals surface area contributed by atoms with Crippen LogP contribution in [0.4, 0.5) is 0 Å². The van der Waals surface area contributed by atoms with Crippen LogP contribution in [0, 0.1) is 0 Å². The van der Waals surface area contributed by atoms with Gasteiger partial charge in [-0.1, -0.05) is 24.3 Å². The molecule has 0 aliphatic heterocycles. The van der Waals surface area contributed by atoms with Crippen molar-refractivity contribution in [2.24, 2.45) is 11.5 Å². The fourth-order valence-electron chi connectivity index (χ4n) is 2.23. The molecule has 0 spiro atoms. The molecular formula is C20H28Cl2N2O6. The fourth-order valence-corrected chi connectivity index (χ4v) is 2.23. The fraction of sp³-hybridized carbons (Fsp3) is 0.300. The monoisotopic (exact) mass is 462 g/mol. The van der Waals surface area contributed by atoms with Crippen molar-refractivity contribution < 1.29 is 29.6 Å². The maximum Gasteiger partial charge on any atom is 0.323 e. The van der Waals surface area contributed by atoms with Gasteiger partial charge in [0.2, 0.25) is 0 Å². The van der Waals surface area contributed by atoms with Crippen LogP contribution in [0.1, 0.15) is 18.1 Å². The molecule has 0 amide bonds. The first kappa shape index (κ1) is 29.7. The maximum absolute atomic E-state index is 11.0. The van der Waals surface area contributed by atoms with E-state index in [4.69, 9.17) is 26.8 Å². The Morgan fingerprint density at radius 3 is 1.73 bits per heavy atom. The minimum Gasteiger partial charge on any atom is -0.508 e. The van der Waals surface area contributed by atoms with Gasteiger partial charge in [-0.05, 0) is 48.7 Å². The highest BCUT2D eigenvalue weighted by molar-refractivity contribution is 5.85. The summed E-state index contributed by atoms with van der Waals surface area (Å²) in [6.07, 6.45) is 0.648. The van der Waals surface area contributed by atoms with Gasteiger partial charge in [0.15, 0.2) is 0 Å². The third-order valence-corrected chi connectivity index (χ3v) is 3.89. The van der Waals surface area contributed by atoms with Crippen LogP contribution in [-0.4, -0.2) is 45.9 Å². The second kappa shape index (κ2) is 13.7. The van der Waals surface area contributed by atoms with Crippen LogP contribution >= 0.6 is 24.8 Å². The standard InChI is InChI=1S/2C10H13NO3.2ClH/c1-10(11,9(13)14)6-7-2-4-8(12)5-3-7;1-14-10(13)9(11)6-7-2-4-8(12)5-3-7;;/h2-5,12H,6,11H2,1H3,(H,13,14);2-5,9,12H,6,11H2,1H3;2*1H/t;9-;;/m.1../s1. The highest BCUT2D eigenvalue weighted by Crippen LogP contribution is 2.15. The molecule has 30 heavy (non-hydrogen) atoms. The van der Waals surface area contributed by atoms with Crippen molar-refractivity contribution in [1.82, 2.24) is 0 Å². The topological polar surface area (TPSA) is 156 Å². The average Bonchev–Trinajstić information content (AvgIpc) is 2.65. The van der Waals surface area contributed by atoms with E-state index in [2.05, 4.69) is 4.74 Å². The van der Waals surface area contributed by atoms with E-state index in [0.29, 0.717) is 6.42 Å². The van der Waals surface area contributed by atoms with E-state index in [1.807, 2.05) is 0 Å². The molecule has 8 nitrogen and oxygen atoms in total. The quantitative estimate of drug-likeness (QED) is 0.408. The van der Waals surface area contributed by atoms with Gasteiger partial charge in [-0.15, -0.1) is 24.8 Å². The van der Waals surface area contributed by atoms with E-state index < -0.39 is 23.5 Å². The summed E-state index contributed by atoms with van der Waals surface area (Å²) in [7, 11) is 1.30. The molecule has 0 fully saturated rings. The summed E-state index contributed by atoms with van der Waals surface area (Å²) in [5, 5.41) is 26.8. The summed E-state index contributed by atoms with van der Waals surface area (Å²) in [6.45, 7) is 1.46. The molecule has 168 valence electrons. The zero-order valence-corrected chi connectivity index (χ0v) is 18.3. The number of phenolic OH excluding ortho intramolecular Hbond substituents is 2. The largest absolute Gasteiger partial charge is 0.508 e. The van der Waals surface area contributed by atoms with Crippen molar-refractivity contribution in [1.29, 1.82) is 0 Å². The minimum atomic E-state index is -1.27. The lowest BCUT2D eigenvalue weighted by molar-refractivity contribution is -0.143. The number of halogens is 2. The number of phenols is 2. The Hall–Kier alpha value is -2.52. The van der Waals surface area contributed by atoms with Crippen LogP contribution in [0.2, 0.25) is 0 Å². The molecular weight excluding hydrogens is 435 g/mol. The highest BCUT2D eigenvalue weighted by atomic mass is 35.5. The number of aromatic hydroxyl groups is 2. The zero-order valence-electron chi connectivity index (χ0n) is 16.6. The van der Waals surface area contributed by atoms with Crippen molar-refractivity contribution in [3.05, 3.63) is 59.7 Å². The van der Waals surface area contributed by atoms with Crippen LogP contribution in [-0.2, 0) is 27.2 Å². The molecule has 0 heterocycles. The first-order chi connectivity index (χ1) is 13.0. The van der Waals surface area contributed by atoms with Gasteiger partial charge in [-0.25, -0.2) is 0 Å². The smallest absolute Gasteiger partial charge is 0.323 e. The molecule has 0 aliphatic carbocycles. The van der Waals surface area contributed by atoms with Crippen molar-refractivity contribution in [3.63, 3.8) is 0 Å². The molecule has 2 aromatic rings. The minimum absolute atomic E-state index is 0. The van der Waals surface area contributed by atoms with Gasteiger partial charge in [0.1, 0.15) is 23.1 Å². The Balaban J connectivity index is 0. The van der Waals surface area contributed by atoms with Gasteiger partial charge >= 0.3 is 11.9 Å². The van der Waals surface area contributed by atoms with Gasteiger partial charge in [0, 0.05) is 6.42 Å². The Morgan fingerprint density at radius 2 is 1.37 bits per heavy atom. The third kappa shape index (κ3) is 10.3. The zero-order chi connectivity index (χ0) is 21.3. The molecule has 0 saturated carbocycles. The SMILES string of the molecule is CC(N)(Cc1ccc(O)cc1)C(=O)O.COC(=O)[C@H](N)Cc1ccc(O)cc1.Cl.Cl. The van der Waals surface area contributed by atoms with E-state index in [1.54, 1.807) is 36.4 Å². The number of hydrogen-bond donors (Lipinski definition) is 5. The van der Waals surface area contributed by atoms with Gasteiger partial charge in [-0.2, -0.15) is 0 Å². The van der Waals surface area contributed by atoms with E-state index in [-0.39, 0.29) is 42.7 Å². The number of carboxylic acids is 1. The summed E-state index contributed by atoms with van der Waals surface area (Å²) in [4.78, 5) is 21.7. The number of aliphatic carboxylic acids is 1. The second-order valence-electron chi connectivity index (χ2n) is 6.57. The molecule has 0 aliphatic rings. The number of hydrogen-bond acceptors (Lipinski definition) is 7. The first-order valence-corrected chi connectivity index (χ1v) is 8.46. The number of ether oxygens (including phenoxy) is 1. The predicted octanol–water partition coefficient (Wildman–Crippen LogP) is 2.02. The van der Waals surface area contributed by atoms with Crippen LogP contribution in [0.5, 0.6) is 11.5 Å². The molecule has 0 bridgehead atoms. The maximum atomic E-state index is 11.0. The van der Waals surface area contributed by atoms with Gasteiger partial charge < -0.3 is 31.5 Å². The summed E-state index contributed by atoms with van der Waals surface area (Å²) >= 11 is 0. The Bertz CT molecular complexity index is 781. The van der Waals surface area contributed by atoms with E-state index in [0.717, 1.165) is 11.1 Å². The molecule has 10 heteroatoms. The third-order valence-electron chi connectivity index (χ3n) is 3.89. The average molecular weight is 463 g/mol. The van der Waals surface area contributed by atoms with Gasteiger partial charge in [0.25, 0.3) is 0 Å². The number of rotatable bonds is 6. The Labute approximate surface area is 187 Å². The molecule has 1 unspecified atom stereocenters. The number of benzene rings is 2. The number of carboxylic acid groups (broad SMARTS) is 1. The number of carbonyl (C=O) groups is 2. The number of nitrogens with two attached hydrogens (primary N) is 2. The summed E-state index contributed by atoms with van der Waals surface area (Å²) in [6, 6.07) is 12.2. The van der Waals surface area contributed by atoms with E-state index in [1.165, 1.54) is 26.2 Å². The van der Waals surface area contributed by atoms with Crippen molar-refractivity contribution in [3.8, 4) is 11.5 Å². The second-order valence-corrected chi connectivity index (χ2v) is 6.57. The molecule has 0 saturated heterocycles.